The van der Waals surface area contributed by atoms with Gasteiger partial charge in [-0.2, -0.15) is 0 Å². The molecule has 1 heterocycles. The number of carbonyl (C=O) groups excluding carboxylic acids is 2. The molecular formula is C26H34N2O7-2. The third kappa shape index (κ3) is 9.84. The normalized spacial score (nSPS) is 14.0. The first kappa shape index (κ1) is 27.9. The highest BCUT2D eigenvalue weighted by molar-refractivity contribution is 5.65. The lowest BCUT2D eigenvalue weighted by Gasteiger charge is -2.35. The number of rotatable bonds is 11. The van der Waals surface area contributed by atoms with Crippen LogP contribution in [0.15, 0.2) is 42.5 Å². The van der Waals surface area contributed by atoms with E-state index in [0.29, 0.717) is 30.9 Å². The number of methoxy groups -OCH3 is 2. The third-order valence-corrected chi connectivity index (χ3v) is 5.72. The summed E-state index contributed by atoms with van der Waals surface area (Å²) in [6.45, 7) is 5.74. The number of aliphatic carboxylic acids is 2. The molecule has 1 fully saturated rings. The first-order chi connectivity index (χ1) is 16.8. The van der Waals surface area contributed by atoms with Gasteiger partial charge in [-0.1, -0.05) is 36.4 Å². The predicted octanol–water partition coefficient (Wildman–Crippen LogP) is 0.774. The smallest absolute Gasteiger partial charge is 0.203 e. The summed E-state index contributed by atoms with van der Waals surface area (Å²) in [5.74, 6) is -1.15. The fourth-order valence-corrected chi connectivity index (χ4v) is 3.81. The van der Waals surface area contributed by atoms with Crippen LogP contribution in [0.25, 0.3) is 0 Å². The van der Waals surface area contributed by atoms with Crippen LogP contribution in [0.4, 0.5) is 0 Å². The molecule has 0 radical (unpaired) electrons. The predicted molar refractivity (Wildman–Crippen MR) is 127 cm³/mol. The number of aromatic hydroxyl groups is 1. The summed E-state index contributed by atoms with van der Waals surface area (Å²) in [4.78, 5) is 24.4. The van der Waals surface area contributed by atoms with Crippen LogP contribution in [0.2, 0.25) is 0 Å². The molecular weight excluding hydrogens is 452 g/mol. The van der Waals surface area contributed by atoms with Gasteiger partial charge in [0.05, 0.1) is 14.2 Å². The maximum absolute atomic E-state index is 10.4. The van der Waals surface area contributed by atoms with E-state index in [4.69, 9.17) is 9.47 Å². The van der Waals surface area contributed by atoms with E-state index in [0.717, 1.165) is 38.3 Å². The zero-order chi connectivity index (χ0) is 25.6. The fraction of sp³-hybridized carbons (Fsp3) is 0.462. The van der Waals surface area contributed by atoms with Gasteiger partial charge in [0.25, 0.3) is 0 Å². The molecule has 1 aliphatic rings. The summed E-state index contributed by atoms with van der Waals surface area (Å²) in [7, 11) is 3.12. The van der Waals surface area contributed by atoms with Gasteiger partial charge in [-0.15, -0.1) is 0 Å². The molecule has 192 valence electrons. The van der Waals surface area contributed by atoms with E-state index in [2.05, 4.69) is 40.1 Å². The van der Waals surface area contributed by atoms with E-state index >= 15 is 0 Å². The highest BCUT2D eigenvalue weighted by Crippen LogP contribution is 2.39. The Bertz CT molecular complexity index is 913. The van der Waals surface area contributed by atoms with Crippen molar-refractivity contribution in [2.75, 3.05) is 40.4 Å². The molecule has 0 aromatic heterocycles. The molecule has 1 aliphatic heterocycles. The molecule has 0 amide bonds. The summed E-state index contributed by atoms with van der Waals surface area (Å²) >= 11 is 0. The SMILES string of the molecule is COc1ccc(CN2CCN(Cc3ccccc3)CC2)c(O)c1OC.O=C([O-])CCCCC(=O)[O-]. The van der Waals surface area contributed by atoms with Gasteiger partial charge >= 0.3 is 0 Å². The van der Waals surface area contributed by atoms with Crippen molar-refractivity contribution in [1.82, 2.24) is 9.80 Å². The van der Waals surface area contributed by atoms with Gasteiger partial charge in [0, 0.05) is 56.8 Å². The zero-order valence-electron chi connectivity index (χ0n) is 20.4. The second kappa shape index (κ2) is 14.9. The molecule has 35 heavy (non-hydrogen) atoms. The van der Waals surface area contributed by atoms with Crippen molar-refractivity contribution in [2.45, 2.75) is 38.8 Å². The Morgan fingerprint density at radius 1 is 0.829 bits per heavy atom. The molecule has 2 aromatic carbocycles. The molecule has 0 aliphatic carbocycles. The van der Waals surface area contributed by atoms with Gasteiger partial charge in [-0.3, -0.25) is 9.80 Å². The largest absolute Gasteiger partial charge is 0.550 e. The molecule has 1 saturated heterocycles. The van der Waals surface area contributed by atoms with Crippen molar-refractivity contribution < 1.29 is 34.4 Å². The summed E-state index contributed by atoms with van der Waals surface area (Å²) in [6, 6.07) is 14.3. The Kier molecular flexibility index (Phi) is 11.9. The Labute approximate surface area is 206 Å². The van der Waals surface area contributed by atoms with Gasteiger partial charge in [0.1, 0.15) is 0 Å². The van der Waals surface area contributed by atoms with Crippen molar-refractivity contribution in [3.05, 3.63) is 53.6 Å². The number of hydrogen-bond acceptors (Lipinski definition) is 9. The molecule has 0 saturated carbocycles. The number of carboxylic acid groups (broad SMARTS) is 2. The Balaban J connectivity index is 0.000000367. The summed E-state index contributed by atoms with van der Waals surface area (Å²) < 4.78 is 10.5. The molecule has 0 bridgehead atoms. The van der Waals surface area contributed by atoms with Gasteiger partial charge in [-0.25, -0.2) is 0 Å². The Morgan fingerprint density at radius 3 is 1.86 bits per heavy atom. The molecule has 9 heteroatoms. The van der Waals surface area contributed by atoms with Gasteiger partial charge in [0.2, 0.25) is 5.75 Å². The average molecular weight is 487 g/mol. The fourth-order valence-electron chi connectivity index (χ4n) is 3.81. The van der Waals surface area contributed by atoms with E-state index < -0.39 is 11.9 Å². The number of hydrogen-bond donors (Lipinski definition) is 1. The molecule has 0 unspecified atom stereocenters. The summed E-state index contributed by atoms with van der Waals surface area (Å²) in [6.07, 6.45) is 0.535. The van der Waals surface area contributed by atoms with Crippen LogP contribution in [0.3, 0.4) is 0 Å². The van der Waals surface area contributed by atoms with E-state index in [9.17, 15) is 24.9 Å². The van der Waals surface area contributed by atoms with Gasteiger partial charge < -0.3 is 34.4 Å². The van der Waals surface area contributed by atoms with Gasteiger partial charge in [-0.05, 0) is 37.3 Å². The van der Waals surface area contributed by atoms with Crippen molar-refractivity contribution in [3.8, 4) is 17.2 Å². The number of benzene rings is 2. The molecule has 0 atom stereocenters. The van der Waals surface area contributed by atoms with Crippen molar-refractivity contribution in [2.24, 2.45) is 0 Å². The van der Waals surface area contributed by atoms with E-state index in [1.54, 1.807) is 14.2 Å². The number of piperazine rings is 1. The Hall–Kier alpha value is -3.30. The van der Waals surface area contributed by atoms with Crippen LogP contribution in [-0.4, -0.2) is 67.2 Å². The minimum atomic E-state index is -1.14. The standard InChI is InChI=1S/C20H26N2O3.C6H10O4/c1-24-18-9-8-17(19(23)20(18)25-2)15-22-12-10-21(11-13-22)14-16-6-4-3-5-7-16;7-5(8)3-1-2-4-6(9)10/h3-9,23H,10-15H2,1-2H3;1-4H2,(H,7,8)(H,9,10)/p-2. The summed E-state index contributed by atoms with van der Waals surface area (Å²) in [5.41, 5.74) is 2.22. The van der Waals surface area contributed by atoms with Crippen LogP contribution in [-0.2, 0) is 22.7 Å². The number of phenolic OH excluding ortho intramolecular Hbond substituents is 1. The van der Waals surface area contributed by atoms with E-state index in [-0.39, 0.29) is 18.6 Å². The zero-order valence-corrected chi connectivity index (χ0v) is 20.4. The topological polar surface area (TPSA) is 125 Å². The number of unbranched alkanes of at least 4 members (excludes halogenated alkanes) is 1. The van der Waals surface area contributed by atoms with Gasteiger partial charge in [0.15, 0.2) is 11.5 Å². The third-order valence-electron chi connectivity index (χ3n) is 5.72. The molecule has 0 spiro atoms. The van der Waals surface area contributed by atoms with Crippen molar-refractivity contribution >= 4 is 11.9 Å². The number of phenols is 1. The lowest BCUT2D eigenvalue weighted by molar-refractivity contribution is -0.308. The minimum Gasteiger partial charge on any atom is -0.550 e. The maximum Gasteiger partial charge on any atom is 0.203 e. The highest BCUT2D eigenvalue weighted by Gasteiger charge is 2.20. The van der Waals surface area contributed by atoms with Crippen LogP contribution in [0.5, 0.6) is 17.2 Å². The number of carbonyl (C=O) groups is 2. The van der Waals surface area contributed by atoms with E-state index in [1.807, 2.05) is 12.1 Å². The number of carboxylic acids is 2. The number of ether oxygens (including phenoxy) is 2. The highest BCUT2D eigenvalue weighted by atomic mass is 16.5. The number of nitrogens with zero attached hydrogens (tertiary/aromatic N) is 2. The monoisotopic (exact) mass is 486 g/mol. The van der Waals surface area contributed by atoms with Crippen LogP contribution >= 0.6 is 0 Å². The first-order valence-corrected chi connectivity index (χ1v) is 11.6. The molecule has 9 nitrogen and oxygen atoms in total. The van der Waals surface area contributed by atoms with Crippen LogP contribution < -0.4 is 19.7 Å². The minimum absolute atomic E-state index is 0.0761. The lowest BCUT2D eigenvalue weighted by atomic mass is 10.1. The molecule has 1 N–H and O–H groups in total. The second-order valence-electron chi connectivity index (χ2n) is 8.30. The maximum atomic E-state index is 10.4. The first-order valence-electron chi connectivity index (χ1n) is 11.6. The summed E-state index contributed by atoms with van der Waals surface area (Å²) in [5, 5.41) is 30.0. The average Bonchev–Trinajstić information content (AvgIpc) is 2.85. The Morgan fingerprint density at radius 2 is 1.37 bits per heavy atom. The molecule has 3 rings (SSSR count). The quantitative estimate of drug-likeness (QED) is 0.459. The lowest BCUT2D eigenvalue weighted by Crippen LogP contribution is -2.45. The van der Waals surface area contributed by atoms with Crippen LogP contribution in [0, 0.1) is 0 Å². The van der Waals surface area contributed by atoms with Crippen molar-refractivity contribution in [1.29, 1.82) is 0 Å². The van der Waals surface area contributed by atoms with Crippen molar-refractivity contribution in [3.63, 3.8) is 0 Å². The van der Waals surface area contributed by atoms with Crippen LogP contribution in [0.1, 0.15) is 36.8 Å². The van der Waals surface area contributed by atoms with E-state index in [1.165, 1.54) is 5.56 Å². The second-order valence-corrected chi connectivity index (χ2v) is 8.30. The molecule has 2 aromatic rings.